The topological polar surface area (TPSA) is 101 Å². The van der Waals surface area contributed by atoms with Gasteiger partial charge in [0.05, 0.1) is 12.2 Å². The molecule has 8 nitrogen and oxygen atoms in total. The second-order valence-corrected chi connectivity index (χ2v) is 9.22. The van der Waals surface area contributed by atoms with Crippen LogP contribution in [0.25, 0.3) is 0 Å². The smallest absolute Gasteiger partial charge is 0.272 e. The number of nitrogens with zero attached hydrogens (tertiary/aromatic N) is 3. The lowest BCUT2D eigenvalue weighted by Crippen LogP contribution is -2.49. The largest absolute Gasteiger partial charge is 0.372 e. The molecule has 0 aliphatic carbocycles. The summed E-state index contributed by atoms with van der Waals surface area (Å²) in [5.41, 5.74) is 1.09. The molecule has 2 aromatic rings. The number of ether oxygens (including phenoxy) is 1. The van der Waals surface area contributed by atoms with Gasteiger partial charge in [0.25, 0.3) is 10.0 Å². The monoisotopic (exact) mass is 396 g/mol. The van der Waals surface area contributed by atoms with Crippen molar-refractivity contribution in [3.05, 3.63) is 35.9 Å². The number of amides is 1. The highest BCUT2D eigenvalue weighted by atomic mass is 32.2. The van der Waals surface area contributed by atoms with Crippen molar-refractivity contribution >= 4 is 32.4 Å². The first-order valence-electron chi connectivity index (χ1n) is 8.15. The molecule has 1 amide bonds. The highest BCUT2D eigenvalue weighted by molar-refractivity contribution is 7.91. The maximum atomic E-state index is 12.9. The Morgan fingerprint density at radius 2 is 2.04 bits per heavy atom. The lowest BCUT2D eigenvalue weighted by molar-refractivity contribution is -0.114. The number of benzene rings is 1. The van der Waals surface area contributed by atoms with Gasteiger partial charge in [0.1, 0.15) is 0 Å². The number of morpholine rings is 1. The summed E-state index contributed by atoms with van der Waals surface area (Å²) in [5, 5.41) is 10.1. The van der Waals surface area contributed by atoms with E-state index in [-0.39, 0.29) is 40.7 Å². The number of carbonyl (C=O) groups excluding carboxylic acids is 1. The van der Waals surface area contributed by atoms with E-state index >= 15 is 0 Å². The fourth-order valence-corrected chi connectivity index (χ4v) is 5.45. The minimum atomic E-state index is -3.79. The predicted octanol–water partition coefficient (Wildman–Crippen LogP) is 1.52. The Morgan fingerprint density at radius 1 is 1.31 bits per heavy atom. The van der Waals surface area contributed by atoms with E-state index in [1.807, 2.05) is 37.3 Å². The van der Waals surface area contributed by atoms with Crippen molar-refractivity contribution in [1.29, 1.82) is 0 Å². The molecule has 1 aromatic heterocycles. The highest BCUT2D eigenvalue weighted by Gasteiger charge is 2.36. The van der Waals surface area contributed by atoms with Crippen LogP contribution in [0.3, 0.4) is 0 Å². The van der Waals surface area contributed by atoms with Crippen LogP contribution in [0.5, 0.6) is 0 Å². The number of hydrogen-bond acceptors (Lipinski definition) is 7. The van der Waals surface area contributed by atoms with Gasteiger partial charge in [-0.2, -0.15) is 4.31 Å². The number of hydrogen-bond donors (Lipinski definition) is 1. The molecule has 2 unspecified atom stereocenters. The lowest BCUT2D eigenvalue weighted by atomic mass is 10.1. The number of rotatable bonds is 5. The molecule has 1 N–H and O–H groups in total. The molecule has 26 heavy (non-hydrogen) atoms. The van der Waals surface area contributed by atoms with Crippen LogP contribution >= 0.6 is 11.3 Å². The Labute approximate surface area is 156 Å². The summed E-state index contributed by atoms with van der Waals surface area (Å²) < 4.78 is 33.0. The normalized spacial score (nSPS) is 21.5. The number of anilines is 1. The van der Waals surface area contributed by atoms with E-state index in [4.69, 9.17) is 4.74 Å². The van der Waals surface area contributed by atoms with Crippen LogP contribution in [0.15, 0.2) is 34.7 Å². The molecular formula is C16H20N4O4S2. The number of carbonyl (C=O) groups is 1. The number of aromatic nitrogens is 2. The van der Waals surface area contributed by atoms with Gasteiger partial charge in [-0.1, -0.05) is 41.7 Å². The van der Waals surface area contributed by atoms with Crippen LogP contribution in [-0.4, -0.2) is 54.1 Å². The van der Waals surface area contributed by atoms with Gasteiger partial charge in [-0.25, -0.2) is 8.42 Å². The van der Waals surface area contributed by atoms with Gasteiger partial charge in [-0.05, 0) is 18.9 Å². The van der Waals surface area contributed by atoms with E-state index in [0.717, 1.165) is 16.9 Å². The van der Waals surface area contributed by atoms with Crippen LogP contribution in [-0.2, 0) is 26.0 Å². The van der Waals surface area contributed by atoms with Crippen molar-refractivity contribution < 1.29 is 17.9 Å². The second-order valence-electron chi connectivity index (χ2n) is 6.13. The van der Waals surface area contributed by atoms with Gasteiger partial charge in [0, 0.05) is 20.0 Å². The molecule has 1 saturated heterocycles. The first-order chi connectivity index (χ1) is 12.3. The highest BCUT2D eigenvalue weighted by Crippen LogP contribution is 2.26. The van der Waals surface area contributed by atoms with E-state index in [0.29, 0.717) is 6.42 Å². The van der Waals surface area contributed by atoms with Gasteiger partial charge in [0.2, 0.25) is 15.4 Å². The first-order valence-corrected chi connectivity index (χ1v) is 10.4. The third-order valence-corrected chi connectivity index (χ3v) is 6.87. The average Bonchev–Trinajstić information content (AvgIpc) is 3.04. The summed E-state index contributed by atoms with van der Waals surface area (Å²) >= 11 is 0.844. The second kappa shape index (κ2) is 7.78. The summed E-state index contributed by atoms with van der Waals surface area (Å²) in [6, 6.07) is 9.81. The molecule has 2 heterocycles. The summed E-state index contributed by atoms with van der Waals surface area (Å²) in [5.74, 6) is -0.326. The average molecular weight is 396 g/mol. The third-order valence-electron chi connectivity index (χ3n) is 3.85. The lowest BCUT2D eigenvalue weighted by Gasteiger charge is -2.35. The molecule has 1 aliphatic heterocycles. The van der Waals surface area contributed by atoms with Crippen molar-refractivity contribution in [2.75, 3.05) is 18.4 Å². The zero-order valence-electron chi connectivity index (χ0n) is 14.5. The first kappa shape index (κ1) is 18.9. The van der Waals surface area contributed by atoms with E-state index in [1.165, 1.54) is 11.2 Å². The molecule has 1 aromatic carbocycles. The summed E-state index contributed by atoms with van der Waals surface area (Å²) in [7, 11) is -3.79. The van der Waals surface area contributed by atoms with E-state index in [1.54, 1.807) is 0 Å². The molecular weight excluding hydrogens is 376 g/mol. The summed E-state index contributed by atoms with van der Waals surface area (Å²) in [6.07, 6.45) is 0.165. The van der Waals surface area contributed by atoms with Crippen LogP contribution < -0.4 is 5.32 Å². The Balaban J connectivity index is 1.76. The third kappa shape index (κ3) is 4.44. The maximum Gasteiger partial charge on any atom is 0.272 e. The van der Waals surface area contributed by atoms with E-state index in [2.05, 4.69) is 15.5 Å². The fourth-order valence-electron chi connectivity index (χ4n) is 2.81. The van der Waals surface area contributed by atoms with E-state index in [9.17, 15) is 13.2 Å². The molecule has 2 atom stereocenters. The molecule has 0 radical (unpaired) electrons. The Hall–Kier alpha value is -1.88. The van der Waals surface area contributed by atoms with Crippen LogP contribution in [0.1, 0.15) is 19.4 Å². The fraction of sp³-hybridized carbons (Fsp3) is 0.438. The van der Waals surface area contributed by atoms with Gasteiger partial charge < -0.3 is 10.1 Å². The van der Waals surface area contributed by atoms with Gasteiger partial charge in [-0.15, -0.1) is 10.2 Å². The van der Waals surface area contributed by atoms with Crippen molar-refractivity contribution in [2.24, 2.45) is 0 Å². The molecule has 10 heteroatoms. The van der Waals surface area contributed by atoms with Crippen molar-refractivity contribution in [3.63, 3.8) is 0 Å². The zero-order chi connectivity index (χ0) is 18.7. The van der Waals surface area contributed by atoms with Crippen molar-refractivity contribution in [3.8, 4) is 0 Å². The standard InChI is InChI=1S/C16H20N4O4S2/c1-11-9-20(10-14(24-11)8-13-6-4-3-5-7-13)26(22,23)16-19-18-15(25-16)17-12(2)21/h3-7,11,14H,8-10H2,1-2H3,(H,17,18,21). The van der Waals surface area contributed by atoms with Crippen LogP contribution in [0, 0.1) is 0 Å². The molecule has 0 bridgehead atoms. The molecule has 140 valence electrons. The summed E-state index contributed by atoms with van der Waals surface area (Å²) in [4.78, 5) is 11.1. The van der Waals surface area contributed by atoms with Gasteiger partial charge >= 0.3 is 0 Å². The zero-order valence-corrected chi connectivity index (χ0v) is 16.1. The van der Waals surface area contributed by atoms with E-state index < -0.39 is 10.0 Å². The molecule has 3 rings (SSSR count). The van der Waals surface area contributed by atoms with Gasteiger partial charge in [-0.3, -0.25) is 4.79 Å². The predicted molar refractivity (Wildman–Crippen MR) is 97.5 cm³/mol. The molecule has 0 spiro atoms. The van der Waals surface area contributed by atoms with Gasteiger partial charge in [0.15, 0.2) is 0 Å². The molecule has 1 aliphatic rings. The Kier molecular flexibility index (Phi) is 5.66. The van der Waals surface area contributed by atoms with Crippen molar-refractivity contribution in [2.45, 2.75) is 36.8 Å². The molecule has 0 saturated carbocycles. The quantitative estimate of drug-likeness (QED) is 0.769. The van der Waals surface area contributed by atoms with Crippen LogP contribution in [0.4, 0.5) is 5.13 Å². The Morgan fingerprint density at radius 3 is 2.73 bits per heavy atom. The Bertz CT molecular complexity index is 869. The molecule has 1 fully saturated rings. The summed E-state index contributed by atoms with van der Waals surface area (Å²) in [6.45, 7) is 3.68. The van der Waals surface area contributed by atoms with Crippen LogP contribution in [0.2, 0.25) is 0 Å². The number of sulfonamides is 1. The van der Waals surface area contributed by atoms with Crippen molar-refractivity contribution in [1.82, 2.24) is 14.5 Å². The number of nitrogens with one attached hydrogen (secondary N) is 1. The maximum absolute atomic E-state index is 12.9. The SMILES string of the molecule is CC(=O)Nc1nnc(S(=O)(=O)N2CC(C)OC(Cc3ccccc3)C2)s1. The minimum absolute atomic E-state index is 0.131. The minimum Gasteiger partial charge on any atom is -0.372 e.